The molecule has 0 amide bonds. The van der Waals surface area contributed by atoms with Gasteiger partial charge in [-0.1, -0.05) is 36.4 Å². The highest BCUT2D eigenvalue weighted by molar-refractivity contribution is 5.63. The van der Waals surface area contributed by atoms with Crippen LogP contribution >= 0.6 is 0 Å². The van der Waals surface area contributed by atoms with Crippen molar-refractivity contribution in [1.82, 2.24) is 14.8 Å². The van der Waals surface area contributed by atoms with E-state index in [0.29, 0.717) is 0 Å². The van der Waals surface area contributed by atoms with E-state index in [4.69, 9.17) is 4.74 Å². The van der Waals surface area contributed by atoms with Gasteiger partial charge in [0.05, 0.1) is 12.2 Å². The van der Waals surface area contributed by atoms with Gasteiger partial charge in [0, 0.05) is 30.9 Å². The van der Waals surface area contributed by atoms with E-state index in [1.54, 1.807) is 6.33 Å². The molecule has 0 saturated carbocycles. The van der Waals surface area contributed by atoms with Gasteiger partial charge in [-0.2, -0.15) is 5.10 Å². The standard InChI is InChI=1S/C21H22N4O/c1-2-6-17(7-3-1)25-20(22-16-23-25)14-24-15-21(10-12-26-13-11-21)18-8-4-5-9-19(18)24/h1-9,16H,10-15H2. The maximum Gasteiger partial charge on any atom is 0.151 e. The molecule has 0 radical (unpaired) electrons. The summed E-state index contributed by atoms with van der Waals surface area (Å²) in [5, 5.41) is 4.45. The van der Waals surface area contributed by atoms with E-state index >= 15 is 0 Å². The first-order chi connectivity index (χ1) is 12.9. The molecule has 1 saturated heterocycles. The van der Waals surface area contributed by atoms with Crippen LogP contribution in [0.3, 0.4) is 0 Å². The number of hydrogen-bond acceptors (Lipinski definition) is 4. The summed E-state index contributed by atoms with van der Waals surface area (Å²) in [6.07, 6.45) is 3.83. The number of rotatable bonds is 3. The average Bonchev–Trinajstić information content (AvgIpc) is 3.28. The number of nitrogens with zero attached hydrogens (tertiary/aromatic N) is 4. The minimum absolute atomic E-state index is 0.215. The molecular weight excluding hydrogens is 324 g/mol. The predicted molar refractivity (Wildman–Crippen MR) is 101 cm³/mol. The zero-order valence-electron chi connectivity index (χ0n) is 14.7. The molecule has 0 bridgehead atoms. The van der Waals surface area contributed by atoms with Gasteiger partial charge in [-0.3, -0.25) is 0 Å². The maximum atomic E-state index is 5.64. The second-order valence-electron chi connectivity index (χ2n) is 7.19. The SMILES string of the molecule is c1ccc(-n2ncnc2CN2CC3(CCOCC3)c3ccccc32)cc1. The van der Waals surface area contributed by atoms with Crippen LogP contribution in [0.5, 0.6) is 0 Å². The zero-order chi connectivity index (χ0) is 17.4. The summed E-state index contributed by atoms with van der Waals surface area (Å²) < 4.78 is 7.59. The monoisotopic (exact) mass is 346 g/mol. The van der Waals surface area contributed by atoms with E-state index in [1.807, 2.05) is 22.9 Å². The fraction of sp³-hybridized carbons (Fsp3) is 0.333. The van der Waals surface area contributed by atoms with E-state index < -0.39 is 0 Å². The van der Waals surface area contributed by atoms with Crippen LogP contribution in [-0.2, 0) is 16.7 Å². The smallest absolute Gasteiger partial charge is 0.151 e. The van der Waals surface area contributed by atoms with Crippen molar-refractivity contribution < 1.29 is 4.74 Å². The Balaban J connectivity index is 1.48. The number of ether oxygens (including phenoxy) is 1. The van der Waals surface area contributed by atoms with E-state index in [0.717, 1.165) is 50.7 Å². The minimum atomic E-state index is 0.215. The van der Waals surface area contributed by atoms with E-state index in [9.17, 15) is 0 Å². The van der Waals surface area contributed by atoms with Crippen molar-refractivity contribution in [3.05, 3.63) is 72.3 Å². The second kappa shape index (κ2) is 6.25. The van der Waals surface area contributed by atoms with Crippen LogP contribution in [-0.4, -0.2) is 34.5 Å². The number of hydrogen-bond donors (Lipinski definition) is 0. The molecule has 2 aromatic carbocycles. The molecule has 3 heterocycles. The van der Waals surface area contributed by atoms with Crippen molar-refractivity contribution in [3.8, 4) is 5.69 Å². The number of aromatic nitrogens is 3. The van der Waals surface area contributed by atoms with Crippen LogP contribution in [0.1, 0.15) is 24.2 Å². The Morgan fingerprint density at radius 2 is 1.73 bits per heavy atom. The summed E-state index contributed by atoms with van der Waals surface area (Å²) in [7, 11) is 0. The van der Waals surface area contributed by atoms with Gasteiger partial charge in [-0.05, 0) is 36.6 Å². The third kappa shape index (κ3) is 2.51. The van der Waals surface area contributed by atoms with Gasteiger partial charge < -0.3 is 9.64 Å². The number of fused-ring (bicyclic) bond motifs is 2. The molecule has 0 atom stereocenters. The topological polar surface area (TPSA) is 43.2 Å². The van der Waals surface area contributed by atoms with Gasteiger partial charge in [-0.25, -0.2) is 9.67 Å². The van der Waals surface area contributed by atoms with Crippen LogP contribution in [0, 0.1) is 0 Å². The number of benzene rings is 2. The molecule has 0 N–H and O–H groups in total. The summed E-state index contributed by atoms with van der Waals surface area (Å²) >= 11 is 0. The number of para-hydroxylation sites is 2. The molecule has 1 fully saturated rings. The van der Waals surface area contributed by atoms with Crippen LogP contribution in [0.4, 0.5) is 5.69 Å². The molecule has 0 unspecified atom stereocenters. The predicted octanol–water partition coefficient (Wildman–Crippen LogP) is 3.34. The van der Waals surface area contributed by atoms with Gasteiger partial charge in [-0.15, -0.1) is 0 Å². The van der Waals surface area contributed by atoms with Crippen molar-refractivity contribution in [2.45, 2.75) is 24.8 Å². The molecule has 132 valence electrons. The Kier molecular flexibility index (Phi) is 3.75. The largest absolute Gasteiger partial charge is 0.381 e. The normalized spacial score (nSPS) is 18.2. The van der Waals surface area contributed by atoms with Gasteiger partial charge in [0.25, 0.3) is 0 Å². The van der Waals surface area contributed by atoms with Crippen LogP contribution in [0.25, 0.3) is 5.69 Å². The second-order valence-corrected chi connectivity index (χ2v) is 7.19. The quantitative estimate of drug-likeness (QED) is 0.730. The van der Waals surface area contributed by atoms with Crippen LogP contribution in [0.15, 0.2) is 60.9 Å². The highest BCUT2D eigenvalue weighted by Crippen LogP contribution is 2.46. The molecule has 5 heteroatoms. The summed E-state index contributed by atoms with van der Waals surface area (Å²) in [5.74, 6) is 0.968. The molecule has 1 spiro atoms. The van der Waals surface area contributed by atoms with Gasteiger partial charge >= 0.3 is 0 Å². The lowest BCUT2D eigenvalue weighted by Gasteiger charge is -2.34. The Morgan fingerprint density at radius 1 is 0.962 bits per heavy atom. The number of anilines is 1. The maximum absolute atomic E-state index is 5.64. The van der Waals surface area contributed by atoms with Crippen LogP contribution < -0.4 is 4.90 Å². The lowest BCUT2D eigenvalue weighted by molar-refractivity contribution is 0.0552. The third-order valence-electron chi connectivity index (χ3n) is 5.71. The van der Waals surface area contributed by atoms with E-state index in [1.165, 1.54) is 11.3 Å². The van der Waals surface area contributed by atoms with Crippen molar-refractivity contribution in [2.24, 2.45) is 0 Å². The molecule has 1 aromatic heterocycles. The molecule has 0 aliphatic carbocycles. The Bertz CT molecular complexity index is 899. The van der Waals surface area contributed by atoms with E-state index in [2.05, 4.69) is 51.4 Å². The first kappa shape index (κ1) is 15.6. The average molecular weight is 346 g/mol. The Hall–Kier alpha value is -2.66. The Morgan fingerprint density at radius 3 is 2.58 bits per heavy atom. The molecule has 2 aliphatic rings. The molecule has 3 aromatic rings. The fourth-order valence-corrected chi connectivity index (χ4v) is 4.39. The van der Waals surface area contributed by atoms with Crippen molar-refractivity contribution >= 4 is 5.69 Å². The highest BCUT2D eigenvalue weighted by Gasteiger charge is 2.43. The first-order valence-electron chi connectivity index (χ1n) is 9.22. The molecule has 2 aliphatic heterocycles. The molecule has 26 heavy (non-hydrogen) atoms. The van der Waals surface area contributed by atoms with Crippen molar-refractivity contribution in [2.75, 3.05) is 24.7 Å². The summed E-state index contributed by atoms with van der Waals surface area (Å²) in [4.78, 5) is 7.01. The van der Waals surface area contributed by atoms with Gasteiger partial charge in [0.2, 0.25) is 0 Å². The summed E-state index contributed by atoms with van der Waals surface area (Å²) in [5.41, 5.74) is 4.06. The Labute approximate surface area is 153 Å². The first-order valence-corrected chi connectivity index (χ1v) is 9.22. The molecule has 5 rings (SSSR count). The zero-order valence-corrected chi connectivity index (χ0v) is 14.7. The van der Waals surface area contributed by atoms with Gasteiger partial charge in [0.15, 0.2) is 5.82 Å². The van der Waals surface area contributed by atoms with Gasteiger partial charge in [0.1, 0.15) is 6.33 Å². The van der Waals surface area contributed by atoms with Crippen molar-refractivity contribution in [1.29, 1.82) is 0 Å². The summed E-state index contributed by atoms with van der Waals surface area (Å²) in [6, 6.07) is 19.0. The highest BCUT2D eigenvalue weighted by atomic mass is 16.5. The van der Waals surface area contributed by atoms with Crippen LogP contribution in [0.2, 0.25) is 0 Å². The lowest BCUT2D eigenvalue weighted by atomic mass is 9.76. The fourth-order valence-electron chi connectivity index (χ4n) is 4.39. The summed E-state index contributed by atoms with van der Waals surface area (Å²) in [6.45, 7) is 3.48. The lowest BCUT2D eigenvalue weighted by Crippen LogP contribution is -2.38. The van der Waals surface area contributed by atoms with E-state index in [-0.39, 0.29) is 5.41 Å². The third-order valence-corrected chi connectivity index (χ3v) is 5.71. The molecular formula is C21H22N4O. The molecule has 5 nitrogen and oxygen atoms in total. The minimum Gasteiger partial charge on any atom is -0.381 e. The van der Waals surface area contributed by atoms with Crippen molar-refractivity contribution in [3.63, 3.8) is 0 Å².